The molecule has 0 radical (unpaired) electrons. The average Bonchev–Trinajstić information content (AvgIpc) is 3.18. The van der Waals surface area contributed by atoms with E-state index in [1.165, 1.54) is 18.3 Å². The van der Waals surface area contributed by atoms with Gasteiger partial charge >= 0.3 is 0 Å². The SMILES string of the molecule is CNC(=O)c1cnc2c(c1)C(c1ncc(F)c(N[C@@H](C)c3ccc(F)cc3)n1)CN2. The van der Waals surface area contributed by atoms with E-state index in [4.69, 9.17) is 0 Å². The Morgan fingerprint density at radius 2 is 1.97 bits per heavy atom. The molecule has 0 saturated carbocycles. The summed E-state index contributed by atoms with van der Waals surface area (Å²) in [5.41, 5.74) is 2.00. The largest absolute Gasteiger partial charge is 0.369 e. The smallest absolute Gasteiger partial charge is 0.252 e. The number of halogens is 2. The fourth-order valence-corrected chi connectivity index (χ4v) is 3.39. The second-order valence-corrected chi connectivity index (χ2v) is 7.02. The minimum absolute atomic E-state index is 0.0562. The number of nitrogens with zero attached hydrogens (tertiary/aromatic N) is 3. The fraction of sp³-hybridized carbons (Fsp3) is 0.238. The van der Waals surface area contributed by atoms with E-state index in [0.29, 0.717) is 23.8 Å². The highest BCUT2D eigenvalue weighted by atomic mass is 19.1. The second kappa shape index (κ2) is 8.02. The van der Waals surface area contributed by atoms with Crippen LogP contribution in [0.15, 0.2) is 42.7 Å². The van der Waals surface area contributed by atoms with Gasteiger partial charge in [0.05, 0.1) is 23.7 Å². The lowest BCUT2D eigenvalue weighted by atomic mass is 10.0. The average molecular weight is 410 g/mol. The number of carbonyl (C=O) groups is 1. The number of rotatable bonds is 5. The lowest BCUT2D eigenvalue weighted by Gasteiger charge is -2.17. The molecule has 0 saturated heterocycles. The number of hydrogen-bond acceptors (Lipinski definition) is 6. The maximum Gasteiger partial charge on any atom is 0.252 e. The Balaban J connectivity index is 1.62. The molecule has 1 aliphatic rings. The highest BCUT2D eigenvalue weighted by Gasteiger charge is 2.29. The molecule has 3 N–H and O–H groups in total. The molecule has 3 heterocycles. The van der Waals surface area contributed by atoms with E-state index >= 15 is 0 Å². The molecular weight excluding hydrogens is 390 g/mol. The summed E-state index contributed by atoms with van der Waals surface area (Å²) in [6, 6.07) is 7.43. The molecule has 1 aromatic carbocycles. The Hall–Kier alpha value is -3.62. The molecular formula is C21H20F2N6O. The number of aromatic nitrogens is 3. The Morgan fingerprint density at radius 3 is 2.70 bits per heavy atom. The number of pyridine rings is 1. The molecule has 2 aromatic heterocycles. The Morgan fingerprint density at radius 1 is 1.20 bits per heavy atom. The summed E-state index contributed by atoms with van der Waals surface area (Å²) >= 11 is 0. The molecule has 0 spiro atoms. The summed E-state index contributed by atoms with van der Waals surface area (Å²) < 4.78 is 27.5. The van der Waals surface area contributed by atoms with Gasteiger partial charge in [-0.3, -0.25) is 4.79 Å². The fourth-order valence-electron chi connectivity index (χ4n) is 3.39. The quantitative estimate of drug-likeness (QED) is 0.598. The number of amides is 1. The summed E-state index contributed by atoms with van der Waals surface area (Å²) in [4.78, 5) is 24.8. The minimum Gasteiger partial charge on any atom is -0.369 e. The van der Waals surface area contributed by atoms with Crippen molar-refractivity contribution in [2.45, 2.75) is 18.9 Å². The van der Waals surface area contributed by atoms with E-state index in [-0.39, 0.29) is 29.5 Å². The van der Waals surface area contributed by atoms with Crippen LogP contribution in [0.4, 0.5) is 20.4 Å². The first-order valence-corrected chi connectivity index (χ1v) is 9.46. The zero-order valence-corrected chi connectivity index (χ0v) is 16.4. The van der Waals surface area contributed by atoms with Crippen molar-refractivity contribution >= 4 is 17.5 Å². The van der Waals surface area contributed by atoms with Crippen LogP contribution in [0.2, 0.25) is 0 Å². The highest BCUT2D eigenvalue weighted by Crippen LogP contribution is 2.34. The van der Waals surface area contributed by atoms with Crippen molar-refractivity contribution < 1.29 is 13.6 Å². The first-order chi connectivity index (χ1) is 14.5. The summed E-state index contributed by atoms with van der Waals surface area (Å²) in [7, 11) is 1.55. The minimum atomic E-state index is -0.587. The summed E-state index contributed by atoms with van der Waals surface area (Å²) in [5.74, 6) is -0.330. The maximum atomic E-state index is 14.4. The molecule has 1 unspecified atom stereocenters. The number of nitrogens with one attached hydrogen (secondary N) is 3. The second-order valence-electron chi connectivity index (χ2n) is 7.02. The molecule has 7 nitrogen and oxygen atoms in total. The number of hydrogen-bond donors (Lipinski definition) is 3. The van der Waals surface area contributed by atoms with Gasteiger partial charge in [0, 0.05) is 25.4 Å². The molecule has 0 aliphatic carbocycles. The monoisotopic (exact) mass is 410 g/mol. The molecule has 3 aromatic rings. The molecule has 30 heavy (non-hydrogen) atoms. The van der Waals surface area contributed by atoms with E-state index in [2.05, 4.69) is 30.9 Å². The van der Waals surface area contributed by atoms with Crippen molar-refractivity contribution in [3.8, 4) is 0 Å². The van der Waals surface area contributed by atoms with Gasteiger partial charge in [0.2, 0.25) is 0 Å². The summed E-state index contributed by atoms with van der Waals surface area (Å²) in [6.45, 7) is 2.32. The molecule has 1 aliphatic heterocycles. The van der Waals surface area contributed by atoms with E-state index in [1.54, 1.807) is 25.2 Å². The zero-order valence-electron chi connectivity index (χ0n) is 16.4. The van der Waals surface area contributed by atoms with Crippen LogP contribution in [0.5, 0.6) is 0 Å². The predicted molar refractivity (Wildman–Crippen MR) is 108 cm³/mol. The molecule has 1 amide bonds. The number of benzene rings is 1. The third-order valence-corrected chi connectivity index (χ3v) is 5.05. The van der Waals surface area contributed by atoms with Crippen LogP contribution in [0.25, 0.3) is 0 Å². The van der Waals surface area contributed by atoms with Gasteiger partial charge in [-0.05, 0) is 30.7 Å². The Bertz CT molecular complexity index is 1090. The number of anilines is 2. The van der Waals surface area contributed by atoms with Crippen molar-refractivity contribution in [3.63, 3.8) is 0 Å². The summed E-state index contributed by atoms with van der Waals surface area (Å²) in [5, 5.41) is 8.76. The van der Waals surface area contributed by atoms with Gasteiger partial charge in [-0.1, -0.05) is 12.1 Å². The maximum absolute atomic E-state index is 14.4. The zero-order chi connectivity index (χ0) is 21.3. The topological polar surface area (TPSA) is 91.8 Å². The van der Waals surface area contributed by atoms with E-state index < -0.39 is 5.82 Å². The van der Waals surface area contributed by atoms with Crippen molar-refractivity contribution in [2.75, 3.05) is 24.2 Å². The summed E-state index contributed by atoms with van der Waals surface area (Å²) in [6.07, 6.45) is 2.62. The first-order valence-electron chi connectivity index (χ1n) is 9.46. The van der Waals surface area contributed by atoms with E-state index in [0.717, 1.165) is 17.3 Å². The normalized spacial score (nSPS) is 15.8. The number of carbonyl (C=O) groups excluding carboxylic acids is 1. The van der Waals surface area contributed by atoms with Crippen molar-refractivity contribution in [1.29, 1.82) is 0 Å². The third-order valence-electron chi connectivity index (χ3n) is 5.05. The first kappa shape index (κ1) is 19.7. The lowest BCUT2D eigenvalue weighted by Crippen LogP contribution is -2.18. The van der Waals surface area contributed by atoms with Crippen LogP contribution in [0.1, 0.15) is 46.2 Å². The molecule has 0 bridgehead atoms. The van der Waals surface area contributed by atoms with Crippen LogP contribution in [-0.2, 0) is 0 Å². The van der Waals surface area contributed by atoms with Gasteiger partial charge in [0.25, 0.3) is 5.91 Å². The molecule has 154 valence electrons. The molecule has 9 heteroatoms. The Kier molecular flexibility index (Phi) is 5.26. The highest BCUT2D eigenvalue weighted by molar-refractivity contribution is 5.94. The van der Waals surface area contributed by atoms with Gasteiger partial charge in [0.1, 0.15) is 17.5 Å². The van der Waals surface area contributed by atoms with Gasteiger partial charge in [0.15, 0.2) is 11.6 Å². The number of fused-ring (bicyclic) bond motifs is 1. The third kappa shape index (κ3) is 3.78. The van der Waals surface area contributed by atoms with Crippen molar-refractivity contribution in [1.82, 2.24) is 20.3 Å². The van der Waals surface area contributed by atoms with Crippen molar-refractivity contribution in [2.24, 2.45) is 0 Å². The standard InChI is InChI=1S/C21H20F2N6O/c1-11(12-3-5-14(22)6-4-12)28-20-17(23)10-27-19(29-20)16-9-26-18-15(16)7-13(8-25-18)21(30)24-2/h3-8,10-11,16H,9H2,1-2H3,(H,24,30)(H,25,26)(H,27,28,29)/t11-,16?/m0/s1. The molecule has 2 atom stereocenters. The Labute approximate surface area is 172 Å². The van der Waals surface area contributed by atoms with Crippen LogP contribution < -0.4 is 16.0 Å². The van der Waals surface area contributed by atoms with Crippen LogP contribution in [-0.4, -0.2) is 34.5 Å². The molecule has 4 rings (SSSR count). The molecule has 0 fully saturated rings. The van der Waals surface area contributed by atoms with Gasteiger partial charge in [-0.25, -0.2) is 23.7 Å². The van der Waals surface area contributed by atoms with Gasteiger partial charge in [-0.2, -0.15) is 0 Å². The van der Waals surface area contributed by atoms with Crippen LogP contribution >= 0.6 is 0 Å². The van der Waals surface area contributed by atoms with Crippen LogP contribution in [0.3, 0.4) is 0 Å². The van der Waals surface area contributed by atoms with E-state index in [1.807, 2.05) is 6.92 Å². The van der Waals surface area contributed by atoms with E-state index in [9.17, 15) is 13.6 Å². The van der Waals surface area contributed by atoms with Gasteiger partial charge < -0.3 is 16.0 Å². The lowest BCUT2D eigenvalue weighted by molar-refractivity contribution is 0.0962. The van der Waals surface area contributed by atoms with Crippen LogP contribution in [0, 0.1) is 11.6 Å². The van der Waals surface area contributed by atoms with Crippen molar-refractivity contribution in [3.05, 3.63) is 76.9 Å². The predicted octanol–water partition coefficient (Wildman–Crippen LogP) is 3.24. The van der Waals surface area contributed by atoms with Gasteiger partial charge in [-0.15, -0.1) is 0 Å².